The van der Waals surface area contributed by atoms with Crippen molar-refractivity contribution in [3.63, 3.8) is 0 Å². The summed E-state index contributed by atoms with van der Waals surface area (Å²) in [6, 6.07) is 1.87. The number of likely N-dealkylation sites (tertiary alicyclic amines) is 1. The number of carbonyl (C=O) groups is 1. The van der Waals surface area contributed by atoms with Gasteiger partial charge in [-0.3, -0.25) is 19.9 Å². The van der Waals surface area contributed by atoms with Crippen molar-refractivity contribution in [2.24, 2.45) is 0 Å². The zero-order valence-electron chi connectivity index (χ0n) is 14.8. The monoisotopic (exact) mass is 327 g/mol. The molecule has 0 bridgehead atoms. The first-order valence-corrected chi connectivity index (χ1v) is 8.48. The van der Waals surface area contributed by atoms with Gasteiger partial charge in [0.25, 0.3) is 5.91 Å². The highest BCUT2D eigenvalue weighted by molar-refractivity contribution is 5.92. The van der Waals surface area contributed by atoms with Gasteiger partial charge in [0, 0.05) is 42.5 Å². The third-order valence-corrected chi connectivity index (χ3v) is 4.51. The molecule has 1 aliphatic heterocycles. The van der Waals surface area contributed by atoms with E-state index in [0.717, 1.165) is 36.5 Å². The van der Waals surface area contributed by atoms with Gasteiger partial charge in [-0.2, -0.15) is 5.10 Å². The molecule has 3 rings (SSSR count). The Bertz CT molecular complexity index is 731. The normalized spacial score (nSPS) is 18.7. The highest BCUT2D eigenvalue weighted by atomic mass is 16.2. The number of aromatic nitrogens is 4. The van der Waals surface area contributed by atoms with Gasteiger partial charge in [0.2, 0.25) is 0 Å². The first-order valence-electron chi connectivity index (χ1n) is 8.48. The Hall–Kier alpha value is -2.24. The Balaban J connectivity index is 1.74. The second-order valence-electron chi connectivity index (χ2n) is 7.59. The van der Waals surface area contributed by atoms with Gasteiger partial charge >= 0.3 is 0 Å². The summed E-state index contributed by atoms with van der Waals surface area (Å²) in [6.45, 7) is 9.69. The van der Waals surface area contributed by atoms with E-state index in [0.29, 0.717) is 12.2 Å². The number of aromatic amines is 1. The lowest BCUT2D eigenvalue weighted by Gasteiger charge is -2.32. The fraction of sp³-hybridized carbons (Fsp3) is 0.556. The zero-order chi connectivity index (χ0) is 17.3. The van der Waals surface area contributed by atoms with Crippen LogP contribution in [0.1, 0.15) is 67.1 Å². The van der Waals surface area contributed by atoms with Crippen LogP contribution >= 0.6 is 0 Å². The van der Waals surface area contributed by atoms with E-state index >= 15 is 0 Å². The Morgan fingerprint density at radius 2 is 2.12 bits per heavy atom. The van der Waals surface area contributed by atoms with E-state index in [4.69, 9.17) is 0 Å². The lowest BCUT2D eigenvalue weighted by Crippen LogP contribution is -2.39. The molecule has 0 unspecified atom stereocenters. The quantitative estimate of drug-likeness (QED) is 0.920. The molecule has 6 heteroatoms. The van der Waals surface area contributed by atoms with Crippen LogP contribution in [0.5, 0.6) is 0 Å². The molecule has 2 aromatic rings. The predicted octanol–water partition coefficient (Wildman–Crippen LogP) is 2.83. The van der Waals surface area contributed by atoms with E-state index in [-0.39, 0.29) is 17.2 Å². The molecular weight excluding hydrogens is 302 g/mol. The van der Waals surface area contributed by atoms with Gasteiger partial charge in [0.05, 0.1) is 11.4 Å². The van der Waals surface area contributed by atoms with Crippen molar-refractivity contribution >= 4 is 5.91 Å². The lowest BCUT2D eigenvalue weighted by molar-refractivity contribution is 0.0699. The lowest BCUT2D eigenvalue weighted by atomic mass is 9.92. The fourth-order valence-electron chi connectivity index (χ4n) is 3.06. The highest BCUT2D eigenvalue weighted by Gasteiger charge is 2.28. The van der Waals surface area contributed by atoms with Crippen LogP contribution < -0.4 is 0 Å². The molecule has 1 N–H and O–H groups in total. The molecular formula is C18H25N5O. The van der Waals surface area contributed by atoms with Crippen molar-refractivity contribution in [1.82, 2.24) is 25.1 Å². The van der Waals surface area contributed by atoms with Gasteiger partial charge in [0.1, 0.15) is 5.69 Å². The minimum atomic E-state index is -0.0485. The van der Waals surface area contributed by atoms with E-state index < -0.39 is 0 Å². The van der Waals surface area contributed by atoms with Crippen molar-refractivity contribution in [1.29, 1.82) is 0 Å². The largest absolute Gasteiger partial charge is 0.337 e. The van der Waals surface area contributed by atoms with Gasteiger partial charge in [-0.05, 0) is 25.8 Å². The molecule has 0 aliphatic carbocycles. The van der Waals surface area contributed by atoms with Crippen LogP contribution in [0.15, 0.2) is 18.5 Å². The number of rotatable bonds is 2. The molecule has 1 amide bonds. The smallest absolute Gasteiger partial charge is 0.274 e. The summed E-state index contributed by atoms with van der Waals surface area (Å²) in [4.78, 5) is 23.5. The SMILES string of the molecule is Cc1cncc([C@H]2CCCN(C(=O)c3cc(C(C)(C)C)[nH]n3)C2)n1. The molecule has 0 spiro atoms. The highest BCUT2D eigenvalue weighted by Crippen LogP contribution is 2.27. The van der Waals surface area contributed by atoms with Crippen molar-refractivity contribution in [3.8, 4) is 0 Å². The van der Waals surface area contributed by atoms with Crippen LogP contribution in [-0.2, 0) is 5.41 Å². The summed E-state index contributed by atoms with van der Waals surface area (Å²) in [5.41, 5.74) is 3.32. The number of nitrogens with one attached hydrogen (secondary N) is 1. The van der Waals surface area contributed by atoms with Crippen molar-refractivity contribution in [3.05, 3.63) is 41.2 Å². The molecule has 3 heterocycles. The predicted molar refractivity (Wildman–Crippen MR) is 91.9 cm³/mol. The van der Waals surface area contributed by atoms with Gasteiger partial charge in [-0.15, -0.1) is 0 Å². The maximum Gasteiger partial charge on any atom is 0.274 e. The molecule has 1 atom stereocenters. The number of piperidine rings is 1. The zero-order valence-corrected chi connectivity index (χ0v) is 14.8. The summed E-state index contributed by atoms with van der Waals surface area (Å²) in [5.74, 6) is 0.239. The standard InChI is InChI=1S/C18H25N5O/c1-12-9-19-10-15(20-12)13-6-5-7-23(11-13)17(24)14-8-16(22-21-14)18(2,3)4/h8-10,13H,5-7,11H2,1-4H3,(H,21,22)/t13-/m0/s1. The van der Waals surface area contributed by atoms with Gasteiger partial charge < -0.3 is 4.90 Å². The Labute approximate surface area is 142 Å². The number of hydrogen-bond acceptors (Lipinski definition) is 4. The topological polar surface area (TPSA) is 74.8 Å². The Morgan fingerprint density at radius 1 is 1.33 bits per heavy atom. The number of nitrogens with zero attached hydrogens (tertiary/aromatic N) is 4. The van der Waals surface area contributed by atoms with Crippen LogP contribution in [0.4, 0.5) is 0 Å². The molecule has 1 fully saturated rings. The molecule has 6 nitrogen and oxygen atoms in total. The maximum absolute atomic E-state index is 12.8. The van der Waals surface area contributed by atoms with Crippen LogP contribution in [0.25, 0.3) is 0 Å². The Morgan fingerprint density at radius 3 is 2.79 bits per heavy atom. The maximum atomic E-state index is 12.8. The summed E-state index contributed by atoms with van der Waals surface area (Å²) in [6.07, 6.45) is 5.59. The van der Waals surface area contributed by atoms with Crippen LogP contribution in [-0.4, -0.2) is 44.1 Å². The van der Waals surface area contributed by atoms with E-state index in [1.54, 1.807) is 6.20 Å². The number of amides is 1. The Kier molecular flexibility index (Phi) is 4.39. The minimum Gasteiger partial charge on any atom is -0.337 e. The summed E-state index contributed by atoms with van der Waals surface area (Å²) in [5, 5.41) is 7.22. The molecule has 0 aromatic carbocycles. The number of aryl methyl sites for hydroxylation is 1. The van der Waals surface area contributed by atoms with E-state index in [9.17, 15) is 4.79 Å². The summed E-state index contributed by atoms with van der Waals surface area (Å²) in [7, 11) is 0. The first kappa shape index (κ1) is 16.6. The van der Waals surface area contributed by atoms with E-state index in [2.05, 4.69) is 40.9 Å². The second-order valence-corrected chi connectivity index (χ2v) is 7.59. The van der Waals surface area contributed by atoms with Gasteiger partial charge in [-0.1, -0.05) is 20.8 Å². The van der Waals surface area contributed by atoms with Crippen molar-refractivity contribution in [2.75, 3.05) is 13.1 Å². The summed E-state index contributed by atoms with van der Waals surface area (Å²) < 4.78 is 0. The number of H-pyrrole nitrogens is 1. The molecule has 1 saturated heterocycles. The van der Waals surface area contributed by atoms with E-state index in [1.165, 1.54) is 0 Å². The molecule has 0 radical (unpaired) electrons. The first-order chi connectivity index (χ1) is 11.3. The van der Waals surface area contributed by atoms with Crippen molar-refractivity contribution < 1.29 is 4.79 Å². The molecule has 24 heavy (non-hydrogen) atoms. The number of carbonyl (C=O) groups excluding carboxylic acids is 1. The average Bonchev–Trinajstić information content (AvgIpc) is 3.04. The third-order valence-electron chi connectivity index (χ3n) is 4.51. The third kappa shape index (κ3) is 3.47. The minimum absolute atomic E-state index is 0.00735. The molecule has 2 aromatic heterocycles. The van der Waals surface area contributed by atoms with Gasteiger partial charge in [0.15, 0.2) is 0 Å². The average molecular weight is 327 g/mol. The van der Waals surface area contributed by atoms with Crippen LogP contribution in [0.2, 0.25) is 0 Å². The van der Waals surface area contributed by atoms with Crippen molar-refractivity contribution in [2.45, 2.75) is 51.9 Å². The molecule has 128 valence electrons. The molecule has 1 aliphatic rings. The van der Waals surface area contributed by atoms with Crippen LogP contribution in [0.3, 0.4) is 0 Å². The van der Waals surface area contributed by atoms with Gasteiger partial charge in [-0.25, -0.2) is 0 Å². The molecule has 0 saturated carbocycles. The number of hydrogen-bond donors (Lipinski definition) is 1. The van der Waals surface area contributed by atoms with Crippen LogP contribution in [0, 0.1) is 6.92 Å². The second kappa shape index (κ2) is 6.34. The van der Waals surface area contributed by atoms with E-state index in [1.807, 2.05) is 24.1 Å². The summed E-state index contributed by atoms with van der Waals surface area (Å²) >= 11 is 0. The fourth-order valence-corrected chi connectivity index (χ4v) is 3.06.